The zero-order valence-electron chi connectivity index (χ0n) is 13.8. The van der Waals surface area contributed by atoms with Crippen LogP contribution in [0.5, 0.6) is 5.75 Å². The highest BCUT2D eigenvalue weighted by molar-refractivity contribution is 6.32. The number of carbonyl (C=O) groups is 2. The number of anilines is 1. The monoisotopic (exact) mass is 362 g/mol. The summed E-state index contributed by atoms with van der Waals surface area (Å²) in [5, 5.41) is 5.33. The number of alkyl halides is 2. The summed E-state index contributed by atoms with van der Waals surface area (Å²) in [6.07, 6.45) is 0.686. The Labute approximate surface area is 144 Å². The standard InChI is InChI=1S/C16H21ClF2N2O3/c1-16(2,3)14(23)20-8-4-5-13(22)21-10-6-7-12(11(17)9-10)24-15(18)19/h6-7,9,15H,4-5,8H2,1-3H3,(H,20,23)(H,21,22). The van der Waals surface area contributed by atoms with Crippen LogP contribution in [0.4, 0.5) is 14.5 Å². The first kappa shape index (κ1) is 20.2. The molecule has 0 fully saturated rings. The molecule has 0 aliphatic rings. The Morgan fingerprint density at radius 3 is 2.50 bits per heavy atom. The minimum Gasteiger partial charge on any atom is -0.433 e. The van der Waals surface area contributed by atoms with Gasteiger partial charge in [-0.05, 0) is 24.6 Å². The Hall–Kier alpha value is -1.89. The van der Waals surface area contributed by atoms with Gasteiger partial charge in [-0.3, -0.25) is 9.59 Å². The van der Waals surface area contributed by atoms with E-state index in [1.165, 1.54) is 18.2 Å². The summed E-state index contributed by atoms with van der Waals surface area (Å²) in [4.78, 5) is 23.5. The lowest BCUT2D eigenvalue weighted by atomic mass is 9.96. The number of ether oxygens (including phenoxy) is 1. The van der Waals surface area contributed by atoms with Gasteiger partial charge in [-0.1, -0.05) is 32.4 Å². The maximum atomic E-state index is 12.1. The summed E-state index contributed by atoms with van der Waals surface area (Å²) in [7, 11) is 0. The number of amides is 2. The van der Waals surface area contributed by atoms with E-state index in [4.69, 9.17) is 11.6 Å². The Kier molecular flexibility index (Phi) is 7.41. The highest BCUT2D eigenvalue weighted by atomic mass is 35.5. The maximum Gasteiger partial charge on any atom is 0.387 e. The molecule has 5 nitrogen and oxygen atoms in total. The van der Waals surface area contributed by atoms with Crippen molar-refractivity contribution in [2.24, 2.45) is 5.41 Å². The molecule has 0 radical (unpaired) electrons. The lowest BCUT2D eigenvalue weighted by Gasteiger charge is -2.17. The molecule has 1 aromatic rings. The summed E-state index contributed by atoms with van der Waals surface area (Å²) in [6, 6.07) is 4.01. The van der Waals surface area contributed by atoms with Gasteiger partial charge in [0, 0.05) is 24.1 Å². The molecule has 0 unspecified atom stereocenters. The molecule has 0 aliphatic heterocycles. The van der Waals surface area contributed by atoms with Crippen LogP contribution in [0.2, 0.25) is 5.02 Å². The minimum atomic E-state index is -2.97. The van der Waals surface area contributed by atoms with Crippen molar-refractivity contribution in [3.8, 4) is 5.75 Å². The van der Waals surface area contributed by atoms with E-state index in [2.05, 4.69) is 15.4 Å². The van der Waals surface area contributed by atoms with Crippen molar-refractivity contribution in [3.63, 3.8) is 0 Å². The zero-order valence-corrected chi connectivity index (χ0v) is 14.5. The van der Waals surface area contributed by atoms with E-state index in [-0.39, 0.29) is 29.0 Å². The first-order chi connectivity index (χ1) is 11.1. The number of hydrogen-bond acceptors (Lipinski definition) is 3. The smallest absolute Gasteiger partial charge is 0.387 e. The van der Waals surface area contributed by atoms with E-state index in [0.717, 1.165) is 0 Å². The van der Waals surface area contributed by atoms with Crippen LogP contribution >= 0.6 is 11.6 Å². The van der Waals surface area contributed by atoms with Gasteiger partial charge in [0.1, 0.15) is 5.75 Å². The zero-order chi connectivity index (χ0) is 18.3. The van der Waals surface area contributed by atoms with Gasteiger partial charge >= 0.3 is 6.61 Å². The summed E-state index contributed by atoms with van der Waals surface area (Å²) >= 11 is 5.80. The molecule has 2 amide bonds. The molecule has 1 rings (SSSR count). The second-order valence-corrected chi connectivity index (χ2v) is 6.59. The second-order valence-electron chi connectivity index (χ2n) is 6.18. The van der Waals surface area contributed by atoms with Crippen molar-refractivity contribution in [3.05, 3.63) is 23.2 Å². The van der Waals surface area contributed by atoms with Crippen LogP contribution < -0.4 is 15.4 Å². The molecule has 0 aliphatic carbocycles. The van der Waals surface area contributed by atoms with Crippen molar-refractivity contribution in [1.29, 1.82) is 0 Å². The fraction of sp³-hybridized carbons (Fsp3) is 0.500. The molecular weight excluding hydrogens is 342 g/mol. The number of nitrogens with one attached hydrogen (secondary N) is 2. The van der Waals surface area contributed by atoms with Gasteiger partial charge in [-0.2, -0.15) is 8.78 Å². The first-order valence-corrected chi connectivity index (χ1v) is 7.80. The number of halogens is 3. The highest BCUT2D eigenvalue weighted by Crippen LogP contribution is 2.29. The Morgan fingerprint density at radius 2 is 1.96 bits per heavy atom. The molecule has 0 bridgehead atoms. The van der Waals surface area contributed by atoms with E-state index in [1.807, 2.05) is 0 Å². The summed E-state index contributed by atoms with van der Waals surface area (Å²) in [5.41, 5.74) is -0.0912. The third kappa shape index (κ3) is 7.12. The van der Waals surface area contributed by atoms with E-state index < -0.39 is 12.0 Å². The van der Waals surface area contributed by atoms with Gasteiger partial charge in [0.05, 0.1) is 5.02 Å². The number of benzene rings is 1. The summed E-state index contributed by atoms with van der Waals surface area (Å²) in [6.45, 7) is 2.85. The first-order valence-electron chi connectivity index (χ1n) is 7.42. The fourth-order valence-electron chi connectivity index (χ4n) is 1.71. The Balaban J connectivity index is 2.40. The lowest BCUT2D eigenvalue weighted by Crippen LogP contribution is -2.35. The third-order valence-electron chi connectivity index (χ3n) is 2.98. The molecular formula is C16H21ClF2N2O3. The fourth-order valence-corrected chi connectivity index (χ4v) is 1.93. The minimum absolute atomic E-state index is 0.0226. The van der Waals surface area contributed by atoms with Crippen LogP contribution in [0.3, 0.4) is 0 Å². The number of carbonyl (C=O) groups excluding carboxylic acids is 2. The van der Waals surface area contributed by atoms with Gasteiger partial charge in [0.2, 0.25) is 11.8 Å². The molecule has 1 aromatic carbocycles. The molecule has 0 saturated carbocycles. The Bertz CT molecular complexity index is 589. The van der Waals surface area contributed by atoms with Crippen molar-refractivity contribution in [2.75, 3.05) is 11.9 Å². The SMILES string of the molecule is CC(C)(C)C(=O)NCCCC(=O)Nc1ccc(OC(F)F)c(Cl)c1. The van der Waals surface area contributed by atoms with E-state index >= 15 is 0 Å². The predicted molar refractivity (Wildman–Crippen MR) is 88.4 cm³/mol. The molecule has 134 valence electrons. The molecule has 2 N–H and O–H groups in total. The van der Waals surface area contributed by atoms with Crippen molar-refractivity contribution < 1.29 is 23.1 Å². The lowest BCUT2D eigenvalue weighted by molar-refractivity contribution is -0.128. The van der Waals surface area contributed by atoms with E-state index in [1.54, 1.807) is 20.8 Å². The van der Waals surface area contributed by atoms with Crippen LogP contribution in [-0.4, -0.2) is 25.0 Å². The average molecular weight is 363 g/mol. The van der Waals surface area contributed by atoms with E-state index in [9.17, 15) is 18.4 Å². The Morgan fingerprint density at radius 1 is 1.29 bits per heavy atom. The number of rotatable bonds is 7. The number of hydrogen-bond donors (Lipinski definition) is 2. The van der Waals surface area contributed by atoms with Crippen molar-refractivity contribution in [1.82, 2.24) is 5.32 Å². The van der Waals surface area contributed by atoms with E-state index in [0.29, 0.717) is 18.7 Å². The molecule has 0 atom stereocenters. The molecule has 24 heavy (non-hydrogen) atoms. The molecule has 8 heteroatoms. The normalized spacial score (nSPS) is 11.3. The third-order valence-corrected chi connectivity index (χ3v) is 3.27. The predicted octanol–water partition coefficient (Wildman–Crippen LogP) is 3.82. The topological polar surface area (TPSA) is 67.4 Å². The largest absolute Gasteiger partial charge is 0.433 e. The molecule has 0 aromatic heterocycles. The van der Waals surface area contributed by atoms with Gasteiger partial charge in [-0.25, -0.2) is 0 Å². The van der Waals surface area contributed by atoms with Gasteiger partial charge in [0.15, 0.2) is 0 Å². The molecule has 0 spiro atoms. The summed E-state index contributed by atoms with van der Waals surface area (Å²) < 4.78 is 28.5. The second kappa shape index (κ2) is 8.82. The molecule has 0 heterocycles. The maximum absolute atomic E-state index is 12.1. The van der Waals surface area contributed by atoms with Gasteiger partial charge in [-0.15, -0.1) is 0 Å². The average Bonchev–Trinajstić information content (AvgIpc) is 2.45. The van der Waals surface area contributed by atoms with Gasteiger partial charge < -0.3 is 15.4 Å². The summed E-state index contributed by atoms with van der Waals surface area (Å²) in [5.74, 6) is -0.502. The van der Waals surface area contributed by atoms with Crippen LogP contribution in [0, 0.1) is 5.41 Å². The van der Waals surface area contributed by atoms with Crippen LogP contribution in [0.25, 0.3) is 0 Å². The van der Waals surface area contributed by atoms with Crippen LogP contribution in [-0.2, 0) is 9.59 Å². The quantitative estimate of drug-likeness (QED) is 0.724. The van der Waals surface area contributed by atoms with Crippen LogP contribution in [0.15, 0.2) is 18.2 Å². The van der Waals surface area contributed by atoms with Crippen LogP contribution in [0.1, 0.15) is 33.6 Å². The van der Waals surface area contributed by atoms with Crippen molar-refractivity contribution >= 4 is 29.1 Å². The van der Waals surface area contributed by atoms with Gasteiger partial charge in [0.25, 0.3) is 0 Å². The van der Waals surface area contributed by atoms with Crippen molar-refractivity contribution in [2.45, 2.75) is 40.2 Å². The highest BCUT2D eigenvalue weighted by Gasteiger charge is 2.20. The molecule has 0 saturated heterocycles.